The highest BCUT2D eigenvalue weighted by molar-refractivity contribution is 6.28. The van der Waals surface area contributed by atoms with Crippen LogP contribution in [0, 0.1) is 10.8 Å². The first kappa shape index (κ1) is 8.42. The second kappa shape index (κ2) is 2.19. The smallest absolute Gasteiger partial charge is 0.244 e. The van der Waals surface area contributed by atoms with Gasteiger partial charge in [-0.1, -0.05) is 0 Å². The average Bonchev–Trinajstić information content (AvgIpc) is 1.80. The summed E-state index contributed by atoms with van der Waals surface area (Å²) < 4.78 is 24.6. The van der Waals surface area contributed by atoms with Crippen LogP contribution in [0.3, 0.4) is 0 Å². The highest BCUT2D eigenvalue weighted by Crippen LogP contribution is 2.75. The molecule has 0 N–H and O–H groups in total. The number of halogens is 3. The van der Waals surface area contributed by atoms with E-state index in [1.54, 1.807) is 0 Å². The Morgan fingerprint density at radius 2 is 1.92 bits per heavy atom. The topological polar surface area (TPSA) is 17.1 Å². The summed E-state index contributed by atoms with van der Waals surface area (Å²) in [6.07, 6.45) is -1.17. The molecule has 68 valence electrons. The minimum absolute atomic E-state index is 0.0285. The third-order valence-electron chi connectivity index (χ3n) is 3.25. The summed E-state index contributed by atoms with van der Waals surface area (Å²) in [5.74, 6) is -0.0778. The molecule has 12 heavy (non-hydrogen) atoms. The lowest BCUT2D eigenvalue weighted by molar-refractivity contribution is -0.253. The molecule has 0 aromatic carbocycles. The molecular formula is C8H9ClF2O. The van der Waals surface area contributed by atoms with E-state index in [1.807, 2.05) is 0 Å². The lowest BCUT2D eigenvalue weighted by atomic mass is 9.34. The van der Waals surface area contributed by atoms with Crippen LogP contribution in [0.2, 0.25) is 0 Å². The molecule has 0 amide bonds. The number of alkyl halides is 3. The van der Waals surface area contributed by atoms with E-state index in [0.29, 0.717) is 19.3 Å². The van der Waals surface area contributed by atoms with Gasteiger partial charge in [0.2, 0.25) is 6.43 Å². The van der Waals surface area contributed by atoms with Crippen LogP contribution in [-0.2, 0) is 4.79 Å². The summed E-state index contributed by atoms with van der Waals surface area (Å²) in [5.41, 5.74) is -1.24. The van der Waals surface area contributed by atoms with Gasteiger partial charge in [-0.25, -0.2) is 8.78 Å². The predicted octanol–water partition coefficient (Wildman–Crippen LogP) is 2.23. The maximum Gasteiger partial charge on any atom is 0.244 e. The zero-order valence-corrected chi connectivity index (χ0v) is 7.20. The summed E-state index contributed by atoms with van der Waals surface area (Å²) >= 11 is 5.36. The normalized spacial score (nSPS) is 43.7. The van der Waals surface area contributed by atoms with Crippen LogP contribution >= 0.6 is 11.6 Å². The van der Waals surface area contributed by atoms with Crippen molar-refractivity contribution < 1.29 is 13.6 Å². The Morgan fingerprint density at radius 3 is 2.25 bits per heavy atom. The van der Waals surface area contributed by atoms with Crippen molar-refractivity contribution in [2.24, 2.45) is 10.8 Å². The second-order valence-electron chi connectivity index (χ2n) is 4.03. The molecule has 3 saturated carbocycles. The number of hydrogen-bond acceptors (Lipinski definition) is 1. The van der Waals surface area contributed by atoms with Crippen molar-refractivity contribution >= 4 is 17.4 Å². The van der Waals surface area contributed by atoms with Gasteiger partial charge in [0.15, 0.2) is 5.78 Å². The molecule has 2 bridgehead atoms. The zero-order chi connectivity index (χ0) is 8.98. The molecule has 0 spiro atoms. The summed E-state index contributed by atoms with van der Waals surface area (Å²) in [4.78, 5) is 11.1. The van der Waals surface area contributed by atoms with E-state index in [4.69, 9.17) is 11.6 Å². The lowest BCUT2D eigenvalue weighted by Crippen LogP contribution is -2.68. The maximum atomic E-state index is 12.3. The Hall–Kier alpha value is -0.180. The van der Waals surface area contributed by atoms with Gasteiger partial charge < -0.3 is 0 Å². The van der Waals surface area contributed by atoms with Gasteiger partial charge in [0, 0.05) is 10.8 Å². The van der Waals surface area contributed by atoms with Crippen LogP contribution in [-0.4, -0.2) is 18.1 Å². The largest absolute Gasteiger partial charge is 0.298 e. The lowest BCUT2D eigenvalue weighted by Gasteiger charge is -2.68. The molecule has 0 heterocycles. The molecular weight excluding hydrogens is 186 g/mol. The van der Waals surface area contributed by atoms with Gasteiger partial charge in [-0.2, -0.15) is 0 Å². The molecule has 0 atom stereocenters. The Bertz CT molecular complexity index is 219. The summed E-state index contributed by atoms with van der Waals surface area (Å²) in [5, 5.41) is 0. The van der Waals surface area contributed by atoms with E-state index >= 15 is 0 Å². The van der Waals surface area contributed by atoms with E-state index in [9.17, 15) is 13.6 Å². The molecule has 1 nitrogen and oxygen atoms in total. The number of carbonyl (C=O) groups is 1. The number of hydrogen-bond donors (Lipinski definition) is 0. The molecule has 0 radical (unpaired) electrons. The molecule has 4 heteroatoms. The first-order chi connectivity index (χ1) is 5.55. The fourth-order valence-electron chi connectivity index (χ4n) is 2.54. The number of Topliss-reactive ketones (excluding diaryl/α,β-unsaturated/α-hetero) is 1. The van der Waals surface area contributed by atoms with Crippen molar-refractivity contribution in [3.8, 4) is 0 Å². The Morgan fingerprint density at radius 1 is 1.42 bits per heavy atom. The third-order valence-corrected chi connectivity index (χ3v) is 3.49. The van der Waals surface area contributed by atoms with Gasteiger partial charge in [-0.15, -0.1) is 11.6 Å². The summed E-state index contributed by atoms with van der Waals surface area (Å²) in [6, 6.07) is 0. The maximum absolute atomic E-state index is 12.3. The fourth-order valence-corrected chi connectivity index (χ4v) is 2.82. The Labute approximate surface area is 74.1 Å². The Kier molecular flexibility index (Phi) is 1.54. The van der Waals surface area contributed by atoms with Crippen molar-refractivity contribution in [3.05, 3.63) is 0 Å². The van der Waals surface area contributed by atoms with Gasteiger partial charge in [-0.05, 0) is 19.3 Å². The summed E-state index contributed by atoms with van der Waals surface area (Å²) in [7, 11) is 0. The van der Waals surface area contributed by atoms with Crippen molar-refractivity contribution in [2.75, 3.05) is 5.88 Å². The van der Waals surface area contributed by atoms with Crippen molar-refractivity contribution in [1.29, 1.82) is 0 Å². The predicted molar refractivity (Wildman–Crippen MR) is 40.4 cm³/mol. The zero-order valence-electron chi connectivity index (χ0n) is 6.45. The first-order valence-electron chi connectivity index (χ1n) is 3.92. The van der Waals surface area contributed by atoms with Crippen LogP contribution in [0.4, 0.5) is 8.78 Å². The second-order valence-corrected chi connectivity index (χ2v) is 4.30. The number of ketones is 1. The molecule has 3 rings (SSSR count). The molecule has 3 fully saturated rings. The molecule has 3 aliphatic carbocycles. The van der Waals surface area contributed by atoms with E-state index < -0.39 is 17.3 Å². The molecule has 0 aliphatic heterocycles. The third kappa shape index (κ3) is 0.754. The number of carbonyl (C=O) groups excluding carboxylic acids is 1. The van der Waals surface area contributed by atoms with Crippen LogP contribution in [0.5, 0.6) is 0 Å². The van der Waals surface area contributed by atoms with Crippen molar-refractivity contribution in [1.82, 2.24) is 0 Å². The monoisotopic (exact) mass is 194 g/mol. The van der Waals surface area contributed by atoms with E-state index in [2.05, 4.69) is 0 Å². The van der Waals surface area contributed by atoms with Gasteiger partial charge in [0.1, 0.15) is 0 Å². The van der Waals surface area contributed by atoms with Crippen LogP contribution in [0.15, 0.2) is 0 Å². The van der Waals surface area contributed by atoms with Gasteiger partial charge in [-0.3, -0.25) is 4.79 Å². The molecule has 0 aromatic heterocycles. The minimum atomic E-state index is -2.26. The van der Waals surface area contributed by atoms with E-state index in [1.165, 1.54) is 0 Å². The molecule has 0 unspecified atom stereocenters. The molecule has 0 aromatic rings. The molecule has 3 aliphatic rings. The van der Waals surface area contributed by atoms with Crippen molar-refractivity contribution in [2.45, 2.75) is 25.7 Å². The van der Waals surface area contributed by atoms with Crippen LogP contribution < -0.4 is 0 Å². The van der Waals surface area contributed by atoms with Crippen LogP contribution in [0.1, 0.15) is 19.3 Å². The standard InChI is InChI=1S/C8H9ClF2O/c9-1-5(12)7-2-8(3-7,4-7)6(10)11/h6H,1-4H2. The van der Waals surface area contributed by atoms with Crippen LogP contribution in [0.25, 0.3) is 0 Å². The first-order valence-corrected chi connectivity index (χ1v) is 4.46. The highest BCUT2D eigenvalue weighted by Gasteiger charge is 2.74. The van der Waals surface area contributed by atoms with Crippen molar-refractivity contribution in [3.63, 3.8) is 0 Å². The van der Waals surface area contributed by atoms with Gasteiger partial charge in [0.25, 0.3) is 0 Å². The minimum Gasteiger partial charge on any atom is -0.298 e. The fraction of sp³-hybridized carbons (Fsp3) is 0.875. The summed E-state index contributed by atoms with van der Waals surface area (Å²) in [6.45, 7) is 0. The molecule has 0 saturated heterocycles. The van der Waals surface area contributed by atoms with E-state index in [-0.39, 0.29) is 11.7 Å². The quantitative estimate of drug-likeness (QED) is 0.630. The SMILES string of the molecule is O=C(CCl)C12CC(C(F)F)(C1)C2. The number of rotatable bonds is 3. The Balaban J connectivity index is 2.00. The van der Waals surface area contributed by atoms with Gasteiger partial charge in [0.05, 0.1) is 5.88 Å². The average molecular weight is 195 g/mol. The van der Waals surface area contributed by atoms with E-state index in [0.717, 1.165) is 0 Å². The highest BCUT2D eigenvalue weighted by atomic mass is 35.5. The van der Waals surface area contributed by atoms with Gasteiger partial charge >= 0.3 is 0 Å².